The van der Waals surface area contributed by atoms with Crippen molar-refractivity contribution in [3.05, 3.63) is 102 Å². The lowest BCUT2D eigenvalue weighted by Gasteiger charge is -2.19. The molecule has 0 saturated carbocycles. The molecule has 1 aliphatic rings. The predicted molar refractivity (Wildman–Crippen MR) is 143 cm³/mol. The van der Waals surface area contributed by atoms with E-state index in [0.29, 0.717) is 37.9 Å². The van der Waals surface area contributed by atoms with Crippen LogP contribution in [0.2, 0.25) is 14.4 Å². The molecule has 1 amide bonds. The predicted octanol–water partition coefficient (Wildman–Crippen LogP) is 7.46. The number of hydrogen-bond donors (Lipinski definition) is 1. The van der Waals surface area contributed by atoms with Gasteiger partial charge in [-0.2, -0.15) is 5.10 Å². The molecular weight excluding hydrogens is 525 g/mol. The van der Waals surface area contributed by atoms with Crippen LogP contribution in [-0.4, -0.2) is 22.3 Å². The van der Waals surface area contributed by atoms with Gasteiger partial charge in [-0.05, 0) is 48.9 Å². The number of hydrogen-bond acceptors (Lipinski definition) is 4. The quantitative estimate of drug-likeness (QED) is 0.284. The molecule has 5 rings (SSSR count). The van der Waals surface area contributed by atoms with Crippen molar-refractivity contribution >= 4 is 63.7 Å². The minimum absolute atomic E-state index is 0.198. The van der Waals surface area contributed by atoms with Crippen molar-refractivity contribution < 1.29 is 9.53 Å². The summed E-state index contributed by atoms with van der Waals surface area (Å²) < 4.78 is 8.28. The van der Waals surface area contributed by atoms with Crippen LogP contribution in [0.4, 0.5) is 0 Å². The number of halogens is 3. The summed E-state index contributed by atoms with van der Waals surface area (Å²) in [6.07, 6.45) is 2.00. The number of amides is 1. The number of ether oxygens (including phenoxy) is 1. The van der Waals surface area contributed by atoms with Gasteiger partial charge in [0.25, 0.3) is 5.91 Å². The Labute approximate surface area is 221 Å². The zero-order chi connectivity index (χ0) is 24.5. The second kappa shape index (κ2) is 10.2. The number of aromatic nitrogens is 2. The highest BCUT2D eigenvalue weighted by atomic mass is 35.5. The first-order chi connectivity index (χ1) is 16.9. The van der Waals surface area contributed by atoms with E-state index < -0.39 is 0 Å². The molecule has 35 heavy (non-hydrogen) atoms. The van der Waals surface area contributed by atoms with E-state index in [1.165, 1.54) is 11.3 Å². The SMILES string of the molecule is C[C@@H](NC(=O)c1nn(-c2ccc(Cl)cc2Cl)c2c1COCC2=Cc1ccc(Cl)s1)c1ccccc1. The summed E-state index contributed by atoms with van der Waals surface area (Å²) in [7, 11) is 0. The van der Waals surface area contributed by atoms with Crippen LogP contribution in [-0.2, 0) is 11.3 Å². The molecule has 1 N–H and O–H groups in total. The van der Waals surface area contributed by atoms with Gasteiger partial charge in [-0.1, -0.05) is 65.1 Å². The molecule has 5 nitrogen and oxygen atoms in total. The molecule has 0 fully saturated rings. The lowest BCUT2D eigenvalue weighted by Crippen LogP contribution is -2.28. The smallest absolute Gasteiger partial charge is 0.272 e. The fourth-order valence-electron chi connectivity index (χ4n) is 4.04. The van der Waals surface area contributed by atoms with Crippen molar-refractivity contribution in [1.29, 1.82) is 0 Å². The molecule has 0 bridgehead atoms. The zero-order valence-electron chi connectivity index (χ0n) is 18.6. The van der Waals surface area contributed by atoms with Crippen LogP contribution in [0.5, 0.6) is 0 Å². The molecule has 2 aromatic heterocycles. The van der Waals surface area contributed by atoms with Crippen molar-refractivity contribution in [2.24, 2.45) is 0 Å². The largest absolute Gasteiger partial charge is 0.372 e. The maximum Gasteiger partial charge on any atom is 0.272 e. The third-order valence-corrected chi connectivity index (χ3v) is 7.42. The van der Waals surface area contributed by atoms with E-state index in [4.69, 9.17) is 44.6 Å². The fraction of sp³-hybridized carbons (Fsp3) is 0.154. The van der Waals surface area contributed by atoms with Gasteiger partial charge in [-0.15, -0.1) is 11.3 Å². The standard InChI is InChI=1S/C26H20Cl3N3O2S/c1-15(16-5-3-2-4-6-16)30-26(33)24-20-14-34-13-17(11-19-8-10-23(29)35-19)25(20)32(31-24)22-9-7-18(27)12-21(22)28/h2-12,15H,13-14H2,1H3,(H,30,33)/t15-/m1/s1. The van der Waals surface area contributed by atoms with Crippen LogP contribution in [0.15, 0.2) is 60.7 Å². The molecule has 2 aromatic carbocycles. The fourth-order valence-corrected chi connectivity index (χ4v) is 5.55. The molecule has 0 spiro atoms. The molecule has 1 atom stereocenters. The van der Waals surface area contributed by atoms with Gasteiger partial charge < -0.3 is 10.1 Å². The second-order valence-corrected chi connectivity index (χ2v) is 10.7. The molecule has 0 unspecified atom stereocenters. The van der Waals surface area contributed by atoms with Gasteiger partial charge in [0, 0.05) is 21.0 Å². The highest BCUT2D eigenvalue weighted by Gasteiger charge is 2.30. The Bertz CT molecular complexity index is 1430. The van der Waals surface area contributed by atoms with Crippen molar-refractivity contribution in [3.8, 4) is 5.69 Å². The number of nitrogens with one attached hydrogen (secondary N) is 1. The molecular formula is C26H20Cl3N3O2S. The Hall–Kier alpha value is -2.61. The summed E-state index contributed by atoms with van der Waals surface area (Å²) in [6, 6.07) is 18.6. The first-order valence-electron chi connectivity index (χ1n) is 10.9. The molecule has 0 radical (unpaired) electrons. The van der Waals surface area contributed by atoms with Gasteiger partial charge in [0.2, 0.25) is 0 Å². The van der Waals surface area contributed by atoms with Crippen LogP contribution >= 0.6 is 46.1 Å². The van der Waals surface area contributed by atoms with E-state index in [1.54, 1.807) is 22.9 Å². The highest BCUT2D eigenvalue weighted by Crippen LogP contribution is 2.36. The van der Waals surface area contributed by atoms with Crippen LogP contribution < -0.4 is 5.32 Å². The maximum atomic E-state index is 13.4. The lowest BCUT2D eigenvalue weighted by molar-refractivity contribution is 0.0926. The van der Waals surface area contributed by atoms with Crippen LogP contribution in [0.3, 0.4) is 0 Å². The van der Waals surface area contributed by atoms with E-state index >= 15 is 0 Å². The molecule has 1 aliphatic heterocycles. The minimum atomic E-state index is -0.287. The topological polar surface area (TPSA) is 56.2 Å². The monoisotopic (exact) mass is 543 g/mol. The Morgan fingerprint density at radius 1 is 1.11 bits per heavy atom. The van der Waals surface area contributed by atoms with E-state index in [1.807, 2.05) is 55.5 Å². The summed E-state index contributed by atoms with van der Waals surface area (Å²) in [6.45, 7) is 2.56. The number of benzene rings is 2. The van der Waals surface area contributed by atoms with Crippen LogP contribution in [0.1, 0.15) is 45.2 Å². The molecule has 9 heteroatoms. The Morgan fingerprint density at radius 2 is 1.91 bits per heavy atom. The average molecular weight is 545 g/mol. The summed E-state index contributed by atoms with van der Waals surface area (Å²) in [5.74, 6) is -0.287. The number of carbonyl (C=O) groups excluding carboxylic acids is 1. The number of rotatable bonds is 5. The summed E-state index contributed by atoms with van der Waals surface area (Å²) in [5.41, 5.74) is 4.28. The van der Waals surface area contributed by atoms with Gasteiger partial charge in [-0.3, -0.25) is 4.79 Å². The summed E-state index contributed by atoms with van der Waals surface area (Å²) >= 11 is 20.3. The normalized spacial score (nSPS) is 15.1. The van der Waals surface area contributed by atoms with Gasteiger partial charge in [0.15, 0.2) is 5.69 Å². The van der Waals surface area contributed by atoms with E-state index in [0.717, 1.165) is 21.7 Å². The Balaban J connectivity index is 1.61. The van der Waals surface area contributed by atoms with Gasteiger partial charge in [0.1, 0.15) is 0 Å². The van der Waals surface area contributed by atoms with E-state index in [2.05, 4.69) is 5.32 Å². The van der Waals surface area contributed by atoms with E-state index in [-0.39, 0.29) is 18.6 Å². The molecule has 178 valence electrons. The van der Waals surface area contributed by atoms with Crippen molar-refractivity contribution in [2.45, 2.75) is 19.6 Å². The number of thiophene rings is 1. The second-order valence-electron chi connectivity index (χ2n) is 8.09. The van der Waals surface area contributed by atoms with Crippen molar-refractivity contribution in [3.63, 3.8) is 0 Å². The lowest BCUT2D eigenvalue weighted by atomic mass is 10.0. The van der Waals surface area contributed by atoms with Crippen LogP contribution in [0.25, 0.3) is 17.3 Å². The molecule has 3 heterocycles. The van der Waals surface area contributed by atoms with Crippen molar-refractivity contribution in [2.75, 3.05) is 6.61 Å². The number of nitrogens with zero attached hydrogens (tertiary/aromatic N) is 2. The van der Waals surface area contributed by atoms with E-state index in [9.17, 15) is 4.79 Å². The molecule has 0 aliphatic carbocycles. The van der Waals surface area contributed by atoms with Crippen molar-refractivity contribution in [1.82, 2.24) is 15.1 Å². The minimum Gasteiger partial charge on any atom is -0.372 e. The Morgan fingerprint density at radius 3 is 2.63 bits per heavy atom. The first kappa shape index (κ1) is 24.1. The summed E-state index contributed by atoms with van der Waals surface area (Å²) in [4.78, 5) is 14.4. The number of fused-ring (bicyclic) bond motifs is 1. The molecule has 4 aromatic rings. The van der Waals surface area contributed by atoms with Crippen LogP contribution in [0, 0.1) is 0 Å². The maximum absolute atomic E-state index is 13.4. The van der Waals surface area contributed by atoms with Gasteiger partial charge in [-0.25, -0.2) is 4.68 Å². The Kier molecular flexibility index (Phi) is 7.00. The number of carbonyl (C=O) groups is 1. The average Bonchev–Trinajstić information content (AvgIpc) is 3.43. The first-order valence-corrected chi connectivity index (χ1v) is 12.8. The van der Waals surface area contributed by atoms with Gasteiger partial charge in [0.05, 0.1) is 40.0 Å². The molecule has 0 saturated heterocycles. The summed E-state index contributed by atoms with van der Waals surface area (Å²) in [5, 5.41) is 8.73. The third-order valence-electron chi connectivity index (χ3n) is 5.70. The zero-order valence-corrected chi connectivity index (χ0v) is 21.7. The third kappa shape index (κ3) is 5.03. The highest BCUT2D eigenvalue weighted by molar-refractivity contribution is 7.17. The van der Waals surface area contributed by atoms with Gasteiger partial charge >= 0.3 is 0 Å².